The minimum absolute atomic E-state index is 0.161. The molecule has 2 rings (SSSR count). The van der Waals surface area contributed by atoms with Gasteiger partial charge in [0.2, 0.25) is 0 Å². The first kappa shape index (κ1) is 9.03. The average Bonchev–Trinajstić information content (AvgIpc) is 2.12. The lowest BCUT2D eigenvalue weighted by Gasteiger charge is -2.27. The van der Waals surface area contributed by atoms with Gasteiger partial charge in [-0.2, -0.15) is 11.8 Å². The first-order chi connectivity index (χ1) is 6.20. The minimum atomic E-state index is -0.524. The molecule has 0 fully saturated rings. The second-order valence-electron chi connectivity index (χ2n) is 3.27. The van der Waals surface area contributed by atoms with E-state index in [0.29, 0.717) is 11.3 Å². The lowest BCUT2D eigenvalue weighted by Crippen LogP contribution is -2.18. The van der Waals surface area contributed by atoms with Gasteiger partial charge in [-0.3, -0.25) is 0 Å². The maximum Gasteiger partial charge on any atom is 0.127 e. The Morgan fingerprint density at radius 2 is 2.31 bits per heavy atom. The van der Waals surface area contributed by atoms with Gasteiger partial charge in [0.05, 0.1) is 6.10 Å². The fourth-order valence-corrected chi connectivity index (χ4v) is 2.63. The standard InChI is InChI=1S/C10H11FOS/c1-6-10(12)7-3-2-4-9(11)8(7)5-13-6/h2-4,6,10,12H,5H2,1H3. The predicted octanol–water partition coefficient (Wildman–Crippen LogP) is 2.49. The van der Waals surface area contributed by atoms with E-state index in [1.807, 2.05) is 6.92 Å². The molecule has 2 atom stereocenters. The van der Waals surface area contributed by atoms with E-state index in [4.69, 9.17) is 0 Å². The molecule has 1 nitrogen and oxygen atoms in total. The van der Waals surface area contributed by atoms with E-state index in [-0.39, 0.29) is 11.1 Å². The summed E-state index contributed by atoms with van der Waals surface area (Å²) in [5, 5.41) is 9.93. The topological polar surface area (TPSA) is 20.2 Å². The SMILES string of the molecule is CC1SCc2c(F)cccc2C1O. The summed E-state index contributed by atoms with van der Waals surface area (Å²) in [6, 6.07) is 4.90. The molecule has 0 saturated heterocycles. The van der Waals surface area contributed by atoms with Gasteiger partial charge in [0, 0.05) is 16.6 Å². The van der Waals surface area contributed by atoms with E-state index in [2.05, 4.69) is 0 Å². The first-order valence-electron chi connectivity index (χ1n) is 4.27. The Labute approximate surface area is 81.0 Å². The molecule has 0 bridgehead atoms. The smallest absolute Gasteiger partial charge is 0.127 e. The van der Waals surface area contributed by atoms with Crippen LogP contribution in [-0.4, -0.2) is 10.4 Å². The summed E-state index contributed by atoms with van der Waals surface area (Å²) in [6.07, 6.45) is -0.524. The number of aliphatic hydroxyl groups excluding tert-OH is 1. The van der Waals surface area contributed by atoms with Crippen LogP contribution in [0, 0.1) is 5.82 Å². The van der Waals surface area contributed by atoms with E-state index in [0.717, 1.165) is 5.56 Å². The molecule has 0 spiro atoms. The van der Waals surface area contributed by atoms with Crippen LogP contribution >= 0.6 is 11.8 Å². The molecule has 0 aromatic heterocycles. The third-order valence-electron chi connectivity index (χ3n) is 2.41. The number of rotatable bonds is 0. The summed E-state index contributed by atoms with van der Waals surface area (Å²) in [5.41, 5.74) is 1.42. The molecule has 1 aromatic carbocycles. The molecule has 13 heavy (non-hydrogen) atoms. The summed E-state index contributed by atoms with van der Waals surface area (Å²) in [4.78, 5) is 0. The second-order valence-corrected chi connectivity index (χ2v) is 4.63. The number of halogens is 1. The molecule has 0 amide bonds. The van der Waals surface area contributed by atoms with Gasteiger partial charge in [-0.05, 0) is 11.6 Å². The number of benzene rings is 1. The molecular weight excluding hydrogens is 187 g/mol. The van der Waals surface area contributed by atoms with Gasteiger partial charge < -0.3 is 5.11 Å². The zero-order valence-corrected chi connectivity index (χ0v) is 8.14. The van der Waals surface area contributed by atoms with Crippen LogP contribution in [0.4, 0.5) is 4.39 Å². The molecule has 0 saturated carbocycles. The van der Waals surface area contributed by atoms with E-state index in [9.17, 15) is 9.50 Å². The quantitative estimate of drug-likeness (QED) is 0.691. The zero-order chi connectivity index (χ0) is 9.42. The second kappa shape index (κ2) is 3.31. The van der Waals surface area contributed by atoms with Crippen LogP contribution in [0.5, 0.6) is 0 Å². The van der Waals surface area contributed by atoms with Crippen LogP contribution < -0.4 is 0 Å². The van der Waals surface area contributed by atoms with Crippen molar-refractivity contribution < 1.29 is 9.50 Å². The van der Waals surface area contributed by atoms with E-state index < -0.39 is 6.10 Å². The highest BCUT2D eigenvalue weighted by Gasteiger charge is 2.26. The van der Waals surface area contributed by atoms with E-state index in [1.54, 1.807) is 23.9 Å². The lowest BCUT2D eigenvalue weighted by molar-refractivity contribution is 0.176. The molecular formula is C10H11FOS. The van der Waals surface area contributed by atoms with Crippen LogP contribution in [0.2, 0.25) is 0 Å². The van der Waals surface area contributed by atoms with Gasteiger partial charge in [0.15, 0.2) is 0 Å². The number of fused-ring (bicyclic) bond motifs is 1. The lowest BCUT2D eigenvalue weighted by atomic mass is 10.0. The van der Waals surface area contributed by atoms with Gasteiger partial charge >= 0.3 is 0 Å². The fourth-order valence-electron chi connectivity index (χ4n) is 1.56. The minimum Gasteiger partial charge on any atom is -0.387 e. The third kappa shape index (κ3) is 1.46. The summed E-state index contributed by atoms with van der Waals surface area (Å²) >= 11 is 1.59. The van der Waals surface area contributed by atoms with Crippen LogP contribution in [-0.2, 0) is 5.75 Å². The van der Waals surface area contributed by atoms with Crippen molar-refractivity contribution in [2.24, 2.45) is 0 Å². The number of hydrogen-bond donors (Lipinski definition) is 1. The summed E-state index contributed by atoms with van der Waals surface area (Å²) in [7, 11) is 0. The summed E-state index contributed by atoms with van der Waals surface area (Å²) in [6.45, 7) is 1.96. The van der Waals surface area contributed by atoms with Crippen molar-refractivity contribution >= 4 is 11.8 Å². The molecule has 1 aromatic rings. The van der Waals surface area contributed by atoms with Crippen molar-refractivity contribution in [3.63, 3.8) is 0 Å². The summed E-state index contributed by atoms with van der Waals surface area (Å²) < 4.78 is 13.2. The fraction of sp³-hybridized carbons (Fsp3) is 0.400. The number of hydrogen-bond acceptors (Lipinski definition) is 2. The van der Waals surface area contributed by atoms with Crippen molar-refractivity contribution in [1.29, 1.82) is 0 Å². The van der Waals surface area contributed by atoms with Gasteiger partial charge in [0.25, 0.3) is 0 Å². The first-order valence-corrected chi connectivity index (χ1v) is 5.32. The van der Waals surface area contributed by atoms with Crippen LogP contribution in [0.3, 0.4) is 0 Å². The van der Waals surface area contributed by atoms with Crippen LogP contribution in [0.25, 0.3) is 0 Å². The van der Waals surface area contributed by atoms with E-state index >= 15 is 0 Å². The van der Waals surface area contributed by atoms with Crippen molar-refractivity contribution in [2.45, 2.75) is 24.0 Å². The average molecular weight is 198 g/mol. The van der Waals surface area contributed by atoms with Gasteiger partial charge in [-0.15, -0.1) is 0 Å². The Kier molecular flexibility index (Phi) is 2.30. The molecule has 2 unspecified atom stereocenters. The zero-order valence-electron chi connectivity index (χ0n) is 7.33. The van der Waals surface area contributed by atoms with Crippen molar-refractivity contribution in [3.8, 4) is 0 Å². The third-order valence-corrected chi connectivity index (χ3v) is 3.65. The van der Waals surface area contributed by atoms with Crippen LogP contribution in [0.15, 0.2) is 18.2 Å². The van der Waals surface area contributed by atoms with Crippen molar-refractivity contribution in [3.05, 3.63) is 35.1 Å². The Hall–Kier alpha value is -0.540. The maximum absolute atomic E-state index is 13.2. The molecule has 1 aliphatic heterocycles. The summed E-state index contributed by atoms with van der Waals surface area (Å²) in [5.74, 6) is 0.469. The molecule has 1 aliphatic rings. The van der Waals surface area contributed by atoms with E-state index in [1.165, 1.54) is 6.07 Å². The normalized spacial score (nSPS) is 27.0. The Morgan fingerprint density at radius 1 is 1.54 bits per heavy atom. The molecule has 1 heterocycles. The maximum atomic E-state index is 13.2. The number of thioether (sulfide) groups is 1. The largest absolute Gasteiger partial charge is 0.387 e. The molecule has 1 N–H and O–H groups in total. The predicted molar refractivity (Wildman–Crippen MR) is 52.1 cm³/mol. The highest BCUT2D eigenvalue weighted by molar-refractivity contribution is 7.99. The van der Waals surface area contributed by atoms with Crippen molar-refractivity contribution in [2.75, 3.05) is 0 Å². The van der Waals surface area contributed by atoms with Gasteiger partial charge in [0.1, 0.15) is 5.82 Å². The highest BCUT2D eigenvalue weighted by Crippen LogP contribution is 2.37. The Bertz CT molecular complexity index is 327. The monoisotopic (exact) mass is 198 g/mol. The molecule has 0 aliphatic carbocycles. The van der Waals surface area contributed by atoms with Crippen LogP contribution in [0.1, 0.15) is 24.2 Å². The van der Waals surface area contributed by atoms with Gasteiger partial charge in [-0.1, -0.05) is 19.1 Å². The Morgan fingerprint density at radius 3 is 3.08 bits per heavy atom. The van der Waals surface area contributed by atoms with Gasteiger partial charge in [-0.25, -0.2) is 4.39 Å². The Balaban J connectivity index is 2.49. The molecule has 70 valence electrons. The highest BCUT2D eigenvalue weighted by atomic mass is 32.2. The van der Waals surface area contributed by atoms with Crippen molar-refractivity contribution in [1.82, 2.24) is 0 Å². The molecule has 3 heteroatoms. The number of aliphatic hydroxyl groups is 1. The molecule has 0 radical (unpaired) electrons.